The minimum absolute atomic E-state index is 0.118. The molecule has 0 saturated carbocycles. The van der Waals surface area contributed by atoms with Gasteiger partial charge in [0.25, 0.3) is 0 Å². The summed E-state index contributed by atoms with van der Waals surface area (Å²) in [5.74, 6) is -1.02. The summed E-state index contributed by atoms with van der Waals surface area (Å²) in [4.78, 5) is 38.0. The molecule has 0 rings (SSSR count). The molecule has 0 radical (unpaired) electrons. The zero-order valence-corrected chi connectivity index (χ0v) is 40.7. The highest BCUT2D eigenvalue weighted by Crippen LogP contribution is 2.13. The van der Waals surface area contributed by atoms with Crippen LogP contribution in [-0.4, -0.2) is 37.2 Å². The van der Waals surface area contributed by atoms with Gasteiger partial charge in [0.1, 0.15) is 13.2 Å². The van der Waals surface area contributed by atoms with E-state index in [-0.39, 0.29) is 37.5 Å². The van der Waals surface area contributed by atoms with Crippen LogP contribution in [0.1, 0.15) is 194 Å². The number of esters is 3. The lowest BCUT2D eigenvalue weighted by atomic mass is 10.1. The van der Waals surface area contributed by atoms with E-state index in [9.17, 15) is 14.4 Å². The highest BCUT2D eigenvalue weighted by molar-refractivity contribution is 5.71. The lowest BCUT2D eigenvalue weighted by molar-refractivity contribution is -0.167. The summed E-state index contributed by atoms with van der Waals surface area (Å²) in [6.45, 7) is 6.18. The number of carbonyl (C=O) groups is 3. The molecule has 0 N–H and O–H groups in total. The van der Waals surface area contributed by atoms with Gasteiger partial charge < -0.3 is 14.2 Å². The molecule has 0 amide bonds. The zero-order chi connectivity index (χ0) is 46.5. The minimum atomic E-state index is -0.821. The lowest BCUT2D eigenvalue weighted by Crippen LogP contribution is -2.30. The topological polar surface area (TPSA) is 78.9 Å². The molecular weight excluding hydrogens is 793 g/mol. The van der Waals surface area contributed by atoms with Gasteiger partial charge in [0.2, 0.25) is 0 Å². The molecule has 64 heavy (non-hydrogen) atoms. The summed E-state index contributed by atoms with van der Waals surface area (Å²) in [6.07, 6.45) is 71.5. The molecule has 0 aliphatic heterocycles. The maximum Gasteiger partial charge on any atom is 0.306 e. The average Bonchev–Trinajstić information content (AvgIpc) is 3.29. The van der Waals surface area contributed by atoms with Gasteiger partial charge in [-0.05, 0) is 109 Å². The van der Waals surface area contributed by atoms with Gasteiger partial charge in [-0.2, -0.15) is 0 Å². The van der Waals surface area contributed by atoms with E-state index in [0.29, 0.717) is 19.3 Å². The Labute approximate surface area is 392 Å². The van der Waals surface area contributed by atoms with Crippen molar-refractivity contribution >= 4 is 17.9 Å². The molecule has 0 aromatic rings. The fourth-order valence-corrected chi connectivity index (χ4v) is 6.25. The Morgan fingerprint density at radius 3 is 1.11 bits per heavy atom. The van der Waals surface area contributed by atoms with Crippen LogP contribution >= 0.6 is 0 Å². The van der Waals surface area contributed by atoms with E-state index in [0.717, 1.165) is 128 Å². The van der Waals surface area contributed by atoms with Crippen LogP contribution in [0.15, 0.2) is 134 Å². The summed E-state index contributed by atoms with van der Waals surface area (Å²) >= 11 is 0. The van der Waals surface area contributed by atoms with Gasteiger partial charge in [0, 0.05) is 19.3 Å². The quantitative estimate of drug-likeness (QED) is 0.0200. The summed E-state index contributed by atoms with van der Waals surface area (Å²) in [5, 5.41) is 0. The number of hydrogen-bond donors (Lipinski definition) is 0. The van der Waals surface area contributed by atoms with Crippen molar-refractivity contribution in [1.29, 1.82) is 0 Å². The number of rotatable bonds is 43. The second-order valence-electron chi connectivity index (χ2n) is 16.0. The largest absolute Gasteiger partial charge is 0.462 e. The third-order valence-corrected chi connectivity index (χ3v) is 9.94. The number of allylic oxidation sites excluding steroid dienone is 22. The first kappa shape index (κ1) is 59.5. The van der Waals surface area contributed by atoms with Crippen molar-refractivity contribution in [1.82, 2.24) is 0 Å². The van der Waals surface area contributed by atoms with E-state index in [1.165, 1.54) is 19.3 Å². The first-order chi connectivity index (χ1) is 31.5. The highest BCUT2D eigenvalue weighted by Gasteiger charge is 2.19. The molecule has 0 saturated heterocycles. The van der Waals surface area contributed by atoms with Crippen molar-refractivity contribution in [3.8, 4) is 0 Å². The van der Waals surface area contributed by atoms with Crippen molar-refractivity contribution < 1.29 is 28.6 Å². The Kier molecular flexibility index (Phi) is 47.6. The van der Waals surface area contributed by atoms with Crippen LogP contribution < -0.4 is 0 Å². The Hall–Kier alpha value is -4.45. The van der Waals surface area contributed by atoms with E-state index in [1.54, 1.807) is 0 Å². The predicted molar refractivity (Wildman–Crippen MR) is 274 cm³/mol. The summed E-state index contributed by atoms with van der Waals surface area (Å²) in [6, 6.07) is 0. The van der Waals surface area contributed by atoms with Crippen LogP contribution in [0.4, 0.5) is 0 Å². The van der Waals surface area contributed by atoms with Gasteiger partial charge in [-0.1, -0.05) is 199 Å². The molecule has 358 valence electrons. The first-order valence-corrected chi connectivity index (χ1v) is 25.2. The van der Waals surface area contributed by atoms with E-state index in [2.05, 4.69) is 154 Å². The second kappa shape index (κ2) is 51.2. The van der Waals surface area contributed by atoms with Gasteiger partial charge in [-0.3, -0.25) is 14.4 Å². The fourth-order valence-electron chi connectivity index (χ4n) is 6.25. The SMILES string of the molecule is CC\C=C/C=C\C=C/CCCCCCCCCC(=O)OC(COC(=O)CCC/C=C\C/C=C\C/C=C\C/C=C\C/C=C\CC)COC(=O)CCCCCC/C=C\C/C=C\C/C=C\CC. The Morgan fingerprint density at radius 2 is 0.656 bits per heavy atom. The molecule has 6 heteroatoms. The van der Waals surface area contributed by atoms with Gasteiger partial charge in [0.05, 0.1) is 0 Å². The average molecular weight is 883 g/mol. The van der Waals surface area contributed by atoms with E-state index >= 15 is 0 Å². The number of carbonyl (C=O) groups excluding carboxylic acids is 3. The molecule has 6 nitrogen and oxygen atoms in total. The standard InChI is InChI=1S/C58H90O6/c1-4-7-10-13-16-19-22-25-28-29-31-33-36-39-42-45-48-51-57(60)63-54-55(53-62-56(59)50-47-44-41-38-35-32-27-24-21-18-15-12-9-6-3)64-58(61)52-49-46-43-40-37-34-30-26-23-20-17-14-11-8-5-2/h7-12,14,16-21,23,25,27-28,31-33,39,42,55H,4-6,13,15,22,24,26,29-30,34-38,40-41,43-54H2,1-3H3/b10-7-,11-8-,12-9-,17-14-,19-16-,21-18-,23-20-,28-25-,32-27-,33-31-,42-39-. The van der Waals surface area contributed by atoms with Crippen molar-refractivity contribution in [2.45, 2.75) is 200 Å². The molecule has 0 bridgehead atoms. The normalized spacial score (nSPS) is 13.2. The van der Waals surface area contributed by atoms with Crippen LogP contribution in [-0.2, 0) is 28.6 Å². The molecule has 1 atom stereocenters. The monoisotopic (exact) mass is 883 g/mol. The van der Waals surface area contributed by atoms with E-state index in [1.807, 2.05) is 0 Å². The third kappa shape index (κ3) is 48.6. The van der Waals surface area contributed by atoms with Crippen LogP contribution in [0.2, 0.25) is 0 Å². The molecule has 0 aliphatic rings. The molecule has 0 spiro atoms. The van der Waals surface area contributed by atoms with E-state index < -0.39 is 6.10 Å². The molecule has 0 aromatic heterocycles. The summed E-state index contributed by atoms with van der Waals surface area (Å²) in [5.41, 5.74) is 0. The van der Waals surface area contributed by atoms with Gasteiger partial charge in [-0.15, -0.1) is 0 Å². The van der Waals surface area contributed by atoms with Crippen molar-refractivity contribution in [3.05, 3.63) is 134 Å². The molecular formula is C58H90O6. The Morgan fingerprint density at radius 1 is 0.328 bits per heavy atom. The van der Waals surface area contributed by atoms with Crippen LogP contribution in [0.25, 0.3) is 0 Å². The van der Waals surface area contributed by atoms with Crippen LogP contribution in [0.5, 0.6) is 0 Å². The number of unbranched alkanes of at least 4 members (excludes halogenated alkanes) is 12. The highest BCUT2D eigenvalue weighted by atomic mass is 16.6. The molecule has 0 heterocycles. The fraction of sp³-hybridized carbons (Fsp3) is 0.569. The van der Waals surface area contributed by atoms with Gasteiger partial charge in [0.15, 0.2) is 6.10 Å². The number of ether oxygens (including phenoxy) is 3. The zero-order valence-electron chi connectivity index (χ0n) is 40.7. The van der Waals surface area contributed by atoms with Crippen LogP contribution in [0.3, 0.4) is 0 Å². The maximum atomic E-state index is 12.8. The van der Waals surface area contributed by atoms with Gasteiger partial charge in [-0.25, -0.2) is 0 Å². The molecule has 0 fully saturated rings. The van der Waals surface area contributed by atoms with Crippen LogP contribution in [0, 0.1) is 0 Å². The summed E-state index contributed by atoms with van der Waals surface area (Å²) in [7, 11) is 0. The second-order valence-corrected chi connectivity index (χ2v) is 16.0. The van der Waals surface area contributed by atoms with E-state index in [4.69, 9.17) is 14.2 Å². The predicted octanol–water partition coefficient (Wildman–Crippen LogP) is 16.7. The Bertz CT molecular complexity index is 1430. The maximum absolute atomic E-state index is 12.8. The number of hydrogen-bond acceptors (Lipinski definition) is 6. The first-order valence-electron chi connectivity index (χ1n) is 25.2. The lowest BCUT2D eigenvalue weighted by Gasteiger charge is -2.18. The molecule has 1 unspecified atom stereocenters. The smallest absolute Gasteiger partial charge is 0.306 e. The molecule has 0 aliphatic carbocycles. The molecule has 0 aromatic carbocycles. The third-order valence-electron chi connectivity index (χ3n) is 9.94. The van der Waals surface area contributed by atoms with Crippen molar-refractivity contribution in [2.75, 3.05) is 13.2 Å². The minimum Gasteiger partial charge on any atom is -0.462 e. The van der Waals surface area contributed by atoms with Gasteiger partial charge >= 0.3 is 17.9 Å². The summed E-state index contributed by atoms with van der Waals surface area (Å²) < 4.78 is 16.7. The Balaban J connectivity index is 4.56. The van der Waals surface area contributed by atoms with Crippen molar-refractivity contribution in [3.63, 3.8) is 0 Å². The van der Waals surface area contributed by atoms with Crippen molar-refractivity contribution in [2.24, 2.45) is 0 Å².